The van der Waals surface area contributed by atoms with Gasteiger partial charge in [0.15, 0.2) is 7.14 Å². The molecule has 0 atom stereocenters. The van der Waals surface area contributed by atoms with Crippen molar-refractivity contribution in [3.8, 4) is 5.69 Å². The fraction of sp³-hybridized carbons (Fsp3) is 0.250. The number of fused-ring (bicyclic) bond motifs is 3. The topological polar surface area (TPSA) is 22.0 Å². The molecule has 43 heavy (non-hydrogen) atoms. The second-order valence-electron chi connectivity index (χ2n) is 13.3. The number of hydrogen-bond acceptors (Lipinski definition) is 1. The molecule has 4 aliphatic carbocycles. The summed E-state index contributed by atoms with van der Waals surface area (Å²) in [6.45, 7) is 0. The minimum atomic E-state index is -3.13. The quantitative estimate of drug-likeness (QED) is 0.187. The number of hydrogen-bond donors (Lipinski definition) is 0. The second-order valence-corrected chi connectivity index (χ2v) is 16.3. The summed E-state index contributed by atoms with van der Waals surface area (Å²) in [5, 5.41) is 4.13. The van der Waals surface area contributed by atoms with Crippen LogP contribution in [0.1, 0.15) is 37.7 Å². The van der Waals surface area contributed by atoms with E-state index in [1.165, 1.54) is 65.2 Å². The first-order valence-electron chi connectivity index (χ1n) is 16.0. The van der Waals surface area contributed by atoms with Gasteiger partial charge in [-0.25, -0.2) is 0 Å². The molecule has 0 spiro atoms. The van der Waals surface area contributed by atoms with Crippen molar-refractivity contribution in [3.63, 3.8) is 0 Å². The van der Waals surface area contributed by atoms with Crippen LogP contribution < -0.4 is 10.6 Å². The van der Waals surface area contributed by atoms with Crippen molar-refractivity contribution < 1.29 is 4.57 Å². The first-order chi connectivity index (χ1) is 21.2. The Morgan fingerprint density at radius 1 is 0.535 bits per heavy atom. The summed E-state index contributed by atoms with van der Waals surface area (Å²) >= 11 is 0. The van der Waals surface area contributed by atoms with Gasteiger partial charge in [0.1, 0.15) is 0 Å². The highest BCUT2D eigenvalue weighted by Gasteiger charge is 2.66. The largest absolute Gasteiger partial charge is 0.313 e. The van der Waals surface area contributed by atoms with Crippen LogP contribution in [0.4, 0.5) is 0 Å². The van der Waals surface area contributed by atoms with Gasteiger partial charge in [0.2, 0.25) is 0 Å². The summed E-state index contributed by atoms with van der Waals surface area (Å²) in [4.78, 5) is 0. The molecule has 4 aliphatic rings. The lowest BCUT2D eigenvalue weighted by Crippen LogP contribution is -2.57. The molecule has 0 unspecified atom stereocenters. The maximum absolute atomic E-state index is 16.7. The Morgan fingerprint density at radius 3 is 1.65 bits per heavy atom. The molecule has 0 aliphatic heterocycles. The van der Waals surface area contributed by atoms with Crippen molar-refractivity contribution in [3.05, 3.63) is 139 Å². The molecule has 4 saturated carbocycles. The van der Waals surface area contributed by atoms with Crippen LogP contribution in [0.5, 0.6) is 0 Å². The zero-order valence-corrected chi connectivity index (χ0v) is 25.2. The van der Waals surface area contributed by atoms with E-state index in [2.05, 4.69) is 138 Å². The summed E-state index contributed by atoms with van der Waals surface area (Å²) in [6.07, 6.45) is 6.15. The lowest BCUT2D eigenvalue weighted by molar-refractivity contribution is -0.0229. The maximum Gasteiger partial charge on any atom is 0.153 e. The summed E-state index contributed by atoms with van der Waals surface area (Å²) in [6, 6.07) is 47.8. The second kappa shape index (κ2) is 9.57. The highest BCUT2D eigenvalue weighted by Crippen LogP contribution is 2.77. The van der Waals surface area contributed by atoms with Crippen LogP contribution in [0.15, 0.2) is 133 Å². The minimum Gasteiger partial charge on any atom is -0.313 e. The molecule has 4 fully saturated rings. The van der Waals surface area contributed by atoms with Gasteiger partial charge >= 0.3 is 0 Å². The lowest BCUT2D eigenvalue weighted by Gasteiger charge is -2.63. The van der Waals surface area contributed by atoms with Crippen LogP contribution >= 0.6 is 7.14 Å². The van der Waals surface area contributed by atoms with E-state index in [4.69, 9.17) is 0 Å². The summed E-state index contributed by atoms with van der Waals surface area (Å²) in [5.41, 5.74) is 4.89. The summed E-state index contributed by atoms with van der Waals surface area (Å²) in [5.74, 6) is 2.38. The number of benzene rings is 5. The Hall–Kier alpha value is -3.87. The molecule has 212 valence electrons. The third kappa shape index (κ3) is 3.51. The molecule has 1 aromatic heterocycles. The van der Waals surface area contributed by atoms with Crippen LogP contribution in [0, 0.1) is 23.7 Å². The molecule has 5 aromatic carbocycles. The number of nitrogens with zero attached hydrogens (tertiary/aromatic N) is 1. The van der Waals surface area contributed by atoms with Crippen molar-refractivity contribution in [1.29, 1.82) is 0 Å². The van der Waals surface area contributed by atoms with Gasteiger partial charge in [-0.2, -0.15) is 0 Å². The van der Waals surface area contributed by atoms with Crippen molar-refractivity contribution in [2.45, 2.75) is 37.3 Å². The van der Waals surface area contributed by atoms with Crippen LogP contribution in [0.2, 0.25) is 0 Å². The molecule has 0 N–H and O–H groups in total. The lowest BCUT2D eigenvalue weighted by atomic mass is 9.50. The zero-order valence-electron chi connectivity index (χ0n) is 24.3. The monoisotopic (exact) mass is 577 g/mol. The van der Waals surface area contributed by atoms with Gasteiger partial charge in [0.05, 0.1) is 16.2 Å². The minimum absolute atomic E-state index is 0.412. The van der Waals surface area contributed by atoms with E-state index in [1.807, 2.05) is 0 Å². The van der Waals surface area contributed by atoms with Crippen molar-refractivity contribution >= 4 is 39.6 Å². The molecule has 2 nitrogen and oxygen atoms in total. The average Bonchev–Trinajstić information content (AvgIpc) is 3.39. The average molecular weight is 578 g/mol. The number of para-hydroxylation sites is 2. The Bertz CT molecular complexity index is 1940. The standard InChI is InChI=1S/C40H36NOP/c42-43(34-14-6-2-7-15-34,35-16-8-3-9-17-35)40(31-23-28-22-29(25-31)26-32(40)24-28)30-20-21-39-37(27-30)36-18-10-11-19-38(36)41(39)33-12-4-1-5-13-33/h1-21,27-29,31-32H,22-26H2. The number of aromatic nitrogens is 1. The van der Waals surface area contributed by atoms with Gasteiger partial charge in [-0.1, -0.05) is 103 Å². The summed E-state index contributed by atoms with van der Waals surface area (Å²) < 4.78 is 19.0. The highest BCUT2D eigenvalue weighted by atomic mass is 31.2. The van der Waals surface area contributed by atoms with Gasteiger partial charge in [-0.3, -0.25) is 0 Å². The van der Waals surface area contributed by atoms with E-state index in [0.717, 1.165) is 22.4 Å². The molecule has 6 aromatic rings. The molecule has 10 rings (SSSR count). The van der Waals surface area contributed by atoms with E-state index in [9.17, 15) is 0 Å². The maximum atomic E-state index is 16.7. The van der Waals surface area contributed by atoms with Crippen molar-refractivity contribution in [2.24, 2.45) is 23.7 Å². The Kier molecular flexibility index (Phi) is 5.70. The Balaban J connectivity index is 1.38. The van der Waals surface area contributed by atoms with E-state index in [1.54, 1.807) is 0 Å². The predicted octanol–water partition coefficient (Wildman–Crippen LogP) is 9.45. The van der Waals surface area contributed by atoms with Crippen LogP contribution in [0.3, 0.4) is 0 Å². The molecule has 0 radical (unpaired) electrons. The molecule has 0 saturated heterocycles. The Morgan fingerprint density at radius 2 is 1.05 bits per heavy atom. The van der Waals surface area contributed by atoms with Gasteiger partial charge in [0, 0.05) is 27.1 Å². The first-order valence-corrected chi connectivity index (χ1v) is 17.7. The fourth-order valence-electron chi connectivity index (χ4n) is 10.00. The van der Waals surface area contributed by atoms with Gasteiger partial charge in [-0.05, 0) is 91.7 Å². The Labute approximate surface area is 253 Å². The van der Waals surface area contributed by atoms with Crippen LogP contribution in [-0.2, 0) is 9.72 Å². The van der Waals surface area contributed by atoms with Crippen molar-refractivity contribution in [2.75, 3.05) is 0 Å². The predicted molar refractivity (Wildman–Crippen MR) is 179 cm³/mol. The third-order valence-corrected chi connectivity index (χ3v) is 15.4. The van der Waals surface area contributed by atoms with E-state index in [0.29, 0.717) is 11.8 Å². The highest BCUT2D eigenvalue weighted by molar-refractivity contribution is 7.79. The van der Waals surface area contributed by atoms with Crippen molar-refractivity contribution in [1.82, 2.24) is 4.57 Å². The van der Waals surface area contributed by atoms with E-state index in [-0.39, 0.29) is 0 Å². The third-order valence-electron chi connectivity index (χ3n) is 11.3. The van der Waals surface area contributed by atoms with Gasteiger partial charge < -0.3 is 9.13 Å². The molecular formula is C40H36NOP. The molecule has 3 heteroatoms. The first kappa shape index (κ1) is 25.6. The van der Waals surface area contributed by atoms with E-state index < -0.39 is 12.3 Å². The molecular weight excluding hydrogens is 541 g/mol. The normalized spacial score (nSPS) is 26.3. The van der Waals surface area contributed by atoms with Crippen LogP contribution in [-0.4, -0.2) is 4.57 Å². The molecule has 1 heterocycles. The SMILES string of the molecule is O=P(c1ccccc1)(c1ccccc1)C1(c2ccc3c(c2)c2ccccc2n3-c2ccccc2)C2CC3CC(C2)CC1C3. The fourth-order valence-corrected chi connectivity index (χ4v) is 14.3. The van der Waals surface area contributed by atoms with Gasteiger partial charge in [-0.15, -0.1) is 0 Å². The van der Waals surface area contributed by atoms with Crippen LogP contribution in [0.25, 0.3) is 27.5 Å². The summed E-state index contributed by atoms with van der Waals surface area (Å²) in [7, 11) is -3.13. The van der Waals surface area contributed by atoms with Gasteiger partial charge in [0.25, 0.3) is 0 Å². The van der Waals surface area contributed by atoms with E-state index >= 15 is 4.57 Å². The number of rotatable bonds is 5. The zero-order chi connectivity index (χ0) is 28.6. The molecule has 4 bridgehead atoms. The smallest absolute Gasteiger partial charge is 0.153 e. The molecule has 0 amide bonds.